The van der Waals surface area contributed by atoms with Crippen molar-refractivity contribution in [1.29, 1.82) is 0 Å². The van der Waals surface area contributed by atoms with Gasteiger partial charge in [0.15, 0.2) is 11.4 Å². The summed E-state index contributed by atoms with van der Waals surface area (Å²) in [5, 5.41) is 8.95. The van der Waals surface area contributed by atoms with E-state index in [1.54, 1.807) is 0 Å². The van der Waals surface area contributed by atoms with Gasteiger partial charge in [-0.25, -0.2) is 9.97 Å². The summed E-state index contributed by atoms with van der Waals surface area (Å²) in [5.74, 6) is 0.690. The van der Waals surface area contributed by atoms with Gasteiger partial charge in [-0.05, 0) is 63.0 Å². The van der Waals surface area contributed by atoms with Gasteiger partial charge in [0.05, 0.1) is 0 Å². The number of fused-ring (bicyclic) bond motifs is 6. The maximum Gasteiger partial charge on any atom is 0.180 e. The maximum absolute atomic E-state index is 6.60. The van der Waals surface area contributed by atoms with Crippen LogP contribution in [-0.4, -0.2) is 9.97 Å². The van der Waals surface area contributed by atoms with Gasteiger partial charge in [-0.3, -0.25) is 0 Å². The van der Waals surface area contributed by atoms with E-state index in [-0.39, 0.29) is 0 Å². The summed E-state index contributed by atoms with van der Waals surface area (Å²) in [6, 6.07) is 47.1. The van der Waals surface area contributed by atoms with Crippen molar-refractivity contribution in [3.05, 3.63) is 133 Å². The van der Waals surface area contributed by atoms with Crippen LogP contribution < -0.4 is 0 Å². The Morgan fingerprint density at radius 2 is 1.09 bits per heavy atom. The summed E-state index contributed by atoms with van der Waals surface area (Å²) in [7, 11) is 0. The molecule has 4 heteroatoms. The predicted octanol–water partition coefficient (Wildman–Crippen LogP) is 11.5. The van der Waals surface area contributed by atoms with E-state index < -0.39 is 0 Å². The van der Waals surface area contributed by atoms with Crippen LogP contribution in [0.15, 0.2) is 138 Å². The molecular weight excluding hydrogens is 557 g/mol. The molecule has 0 bridgehead atoms. The van der Waals surface area contributed by atoms with Crippen molar-refractivity contribution in [1.82, 2.24) is 9.97 Å². The number of aromatic nitrogens is 2. The van der Waals surface area contributed by atoms with E-state index in [9.17, 15) is 0 Å². The zero-order valence-electron chi connectivity index (χ0n) is 23.4. The quantitative estimate of drug-likeness (QED) is 0.196. The van der Waals surface area contributed by atoms with Gasteiger partial charge in [0, 0.05) is 36.7 Å². The minimum absolute atomic E-state index is 0.690. The molecule has 0 aliphatic rings. The minimum Gasteiger partial charge on any atom is -0.452 e. The van der Waals surface area contributed by atoms with Crippen LogP contribution in [-0.2, 0) is 0 Å². The van der Waals surface area contributed by atoms with Gasteiger partial charge in [0.1, 0.15) is 16.8 Å². The van der Waals surface area contributed by atoms with Gasteiger partial charge in [-0.1, -0.05) is 103 Å². The summed E-state index contributed by atoms with van der Waals surface area (Å²) in [6.07, 6.45) is 0. The third-order valence-corrected chi connectivity index (χ3v) is 9.97. The second-order valence-corrected chi connectivity index (χ2v) is 12.4. The Bertz CT molecular complexity index is 2710. The molecule has 0 saturated carbocycles. The number of nitrogens with zero attached hydrogens (tertiary/aromatic N) is 2. The van der Waals surface area contributed by atoms with Crippen LogP contribution in [0.4, 0.5) is 0 Å². The van der Waals surface area contributed by atoms with Crippen LogP contribution in [0.2, 0.25) is 0 Å². The van der Waals surface area contributed by atoms with Crippen molar-refractivity contribution in [3.8, 4) is 33.8 Å². The first-order chi connectivity index (χ1) is 21.8. The average Bonchev–Trinajstić information content (AvgIpc) is 3.66. The molecule has 7 aromatic carbocycles. The van der Waals surface area contributed by atoms with E-state index in [0.717, 1.165) is 44.4 Å². The lowest BCUT2D eigenvalue weighted by Gasteiger charge is -2.11. The van der Waals surface area contributed by atoms with Gasteiger partial charge in [-0.2, -0.15) is 0 Å². The van der Waals surface area contributed by atoms with Crippen LogP contribution in [0.5, 0.6) is 0 Å². The zero-order chi connectivity index (χ0) is 28.8. The van der Waals surface area contributed by atoms with Gasteiger partial charge < -0.3 is 4.42 Å². The number of hydrogen-bond acceptors (Lipinski definition) is 4. The van der Waals surface area contributed by atoms with Crippen LogP contribution in [0, 0.1) is 0 Å². The van der Waals surface area contributed by atoms with Crippen LogP contribution in [0.1, 0.15) is 0 Å². The number of benzene rings is 7. The minimum atomic E-state index is 0.690. The lowest BCUT2D eigenvalue weighted by atomic mass is 9.92. The van der Waals surface area contributed by atoms with Crippen molar-refractivity contribution in [2.45, 2.75) is 0 Å². The monoisotopic (exact) mass is 578 g/mol. The van der Waals surface area contributed by atoms with Gasteiger partial charge >= 0.3 is 0 Å². The Hall–Kier alpha value is -5.58. The Kier molecular flexibility index (Phi) is 4.87. The summed E-state index contributed by atoms with van der Waals surface area (Å²) < 4.78 is 9.29. The normalized spacial score (nSPS) is 12.1. The van der Waals surface area contributed by atoms with Gasteiger partial charge in [-0.15, -0.1) is 11.3 Å². The zero-order valence-corrected chi connectivity index (χ0v) is 24.2. The number of hydrogen-bond donors (Lipinski definition) is 0. The number of furan rings is 1. The largest absolute Gasteiger partial charge is 0.452 e. The molecule has 3 aromatic heterocycles. The topological polar surface area (TPSA) is 38.9 Å². The number of thiophene rings is 1. The van der Waals surface area contributed by atoms with Crippen LogP contribution in [0.3, 0.4) is 0 Å². The van der Waals surface area contributed by atoms with E-state index in [1.807, 2.05) is 59.9 Å². The highest BCUT2D eigenvalue weighted by Gasteiger charge is 2.19. The molecule has 0 spiro atoms. The molecule has 0 saturated heterocycles. The fourth-order valence-corrected chi connectivity index (χ4v) is 7.98. The first-order valence-electron chi connectivity index (χ1n) is 14.7. The molecular formula is C40H22N2OS. The molecule has 0 N–H and O–H groups in total. The van der Waals surface area contributed by atoms with Crippen molar-refractivity contribution in [2.24, 2.45) is 0 Å². The summed E-state index contributed by atoms with van der Waals surface area (Å²) in [6.45, 7) is 0. The number of rotatable bonds is 3. The van der Waals surface area contributed by atoms with E-state index in [0.29, 0.717) is 11.4 Å². The third kappa shape index (κ3) is 3.37. The standard InChI is InChI=1S/C40H22N2OS/c1-3-9-23(10-4-1)37-39-38(42-40(41-37)24-11-5-2-6-12-24)30-20-18-26(22-32(30)43-39)25-17-19-27-28-13-7-15-33-35(28)36-29(31(27)21-25)14-8-16-34(36)44-33/h1-22H. The average molecular weight is 579 g/mol. The molecule has 3 heterocycles. The summed E-state index contributed by atoms with van der Waals surface area (Å²) >= 11 is 1.88. The molecule has 0 aliphatic carbocycles. The molecule has 10 aromatic rings. The van der Waals surface area contributed by atoms with Crippen LogP contribution >= 0.6 is 11.3 Å². The highest BCUT2D eigenvalue weighted by Crippen LogP contribution is 2.46. The van der Waals surface area contributed by atoms with E-state index >= 15 is 0 Å². The van der Waals surface area contributed by atoms with Gasteiger partial charge in [0.2, 0.25) is 0 Å². The van der Waals surface area contributed by atoms with Crippen molar-refractivity contribution in [3.63, 3.8) is 0 Å². The maximum atomic E-state index is 6.60. The first-order valence-corrected chi connectivity index (χ1v) is 15.6. The molecule has 10 rings (SSSR count). The molecule has 44 heavy (non-hydrogen) atoms. The molecule has 0 aliphatic heterocycles. The Morgan fingerprint density at radius 1 is 0.455 bits per heavy atom. The second-order valence-electron chi connectivity index (χ2n) is 11.3. The first kappa shape index (κ1) is 23.9. The molecule has 0 amide bonds. The highest BCUT2D eigenvalue weighted by atomic mass is 32.1. The van der Waals surface area contributed by atoms with E-state index in [4.69, 9.17) is 14.4 Å². The Balaban J connectivity index is 1.20. The van der Waals surface area contributed by atoms with Crippen LogP contribution in [0.25, 0.3) is 97.6 Å². The van der Waals surface area contributed by atoms with Gasteiger partial charge in [0.25, 0.3) is 0 Å². The lowest BCUT2D eigenvalue weighted by molar-refractivity contribution is 0.667. The molecule has 0 atom stereocenters. The summed E-state index contributed by atoms with van der Waals surface area (Å²) in [5.41, 5.74) is 7.39. The molecule has 0 fully saturated rings. The molecule has 0 radical (unpaired) electrons. The van der Waals surface area contributed by atoms with E-state index in [2.05, 4.69) is 84.9 Å². The summed E-state index contributed by atoms with van der Waals surface area (Å²) in [4.78, 5) is 10.0. The highest BCUT2D eigenvalue weighted by molar-refractivity contribution is 7.26. The molecule has 3 nitrogen and oxygen atoms in total. The van der Waals surface area contributed by atoms with Crippen molar-refractivity contribution in [2.75, 3.05) is 0 Å². The second kappa shape index (κ2) is 8.96. The molecule has 204 valence electrons. The smallest absolute Gasteiger partial charge is 0.180 e. The Morgan fingerprint density at radius 3 is 1.82 bits per heavy atom. The molecule has 0 unspecified atom stereocenters. The van der Waals surface area contributed by atoms with Crippen molar-refractivity contribution < 1.29 is 4.42 Å². The Labute approximate surface area is 256 Å². The predicted molar refractivity (Wildman–Crippen MR) is 185 cm³/mol. The SMILES string of the molecule is c1ccc(-c2nc(-c3ccccc3)c3oc4cc(-c5ccc6c(c5)c5cccc7sc8cccc6c8c75)ccc4c3n2)cc1. The van der Waals surface area contributed by atoms with Crippen molar-refractivity contribution >= 4 is 75.1 Å². The fraction of sp³-hybridized carbons (Fsp3) is 0. The lowest BCUT2D eigenvalue weighted by Crippen LogP contribution is -1.93. The van der Waals surface area contributed by atoms with E-state index in [1.165, 1.54) is 41.7 Å². The third-order valence-electron chi connectivity index (χ3n) is 8.85. The fourth-order valence-electron chi connectivity index (χ4n) is 6.83.